The first-order valence-corrected chi connectivity index (χ1v) is 11.7. The quantitative estimate of drug-likeness (QED) is 0.250. The number of allylic oxidation sites excluding steroid dienone is 1. The van der Waals surface area contributed by atoms with Crippen molar-refractivity contribution in [1.29, 1.82) is 0 Å². The van der Waals surface area contributed by atoms with E-state index in [1.807, 2.05) is 24.3 Å². The predicted octanol–water partition coefficient (Wildman–Crippen LogP) is 7.62. The molecule has 0 amide bonds. The van der Waals surface area contributed by atoms with Crippen LogP contribution in [0.15, 0.2) is 89.4 Å². The van der Waals surface area contributed by atoms with Crippen molar-refractivity contribution in [3.8, 4) is 11.4 Å². The topological polar surface area (TPSA) is 51.8 Å². The van der Waals surface area contributed by atoms with Crippen LogP contribution in [0.2, 0.25) is 5.28 Å². The highest BCUT2D eigenvalue weighted by atomic mass is 35.5. The van der Waals surface area contributed by atoms with Crippen molar-refractivity contribution < 1.29 is 4.42 Å². The van der Waals surface area contributed by atoms with Crippen LogP contribution in [0.3, 0.4) is 0 Å². The summed E-state index contributed by atoms with van der Waals surface area (Å²) < 4.78 is 6.13. The van der Waals surface area contributed by atoms with Gasteiger partial charge in [-0.2, -0.15) is 9.97 Å². The van der Waals surface area contributed by atoms with E-state index >= 15 is 0 Å². The number of aryl methyl sites for hydroxylation is 1. The molecule has 0 saturated heterocycles. The molecule has 2 aromatic heterocycles. The van der Waals surface area contributed by atoms with Gasteiger partial charge in [-0.1, -0.05) is 72.8 Å². The number of hydrogen-bond donors (Lipinski definition) is 0. The Morgan fingerprint density at radius 2 is 1.44 bits per heavy atom. The third-order valence-corrected chi connectivity index (χ3v) is 6.68. The highest BCUT2D eigenvalue weighted by molar-refractivity contribution is 6.28. The van der Waals surface area contributed by atoms with Crippen molar-refractivity contribution in [1.82, 2.24) is 15.0 Å². The molecule has 4 aromatic carbocycles. The van der Waals surface area contributed by atoms with E-state index in [1.165, 1.54) is 16.2 Å². The summed E-state index contributed by atoms with van der Waals surface area (Å²) in [4.78, 5) is 13.9. The van der Waals surface area contributed by atoms with Gasteiger partial charge in [0.2, 0.25) is 5.28 Å². The fourth-order valence-electron chi connectivity index (χ4n) is 4.96. The van der Waals surface area contributed by atoms with Gasteiger partial charge in [0.25, 0.3) is 0 Å². The summed E-state index contributed by atoms with van der Waals surface area (Å²) in [5.41, 5.74) is 3.78. The predicted molar refractivity (Wildman–Crippen MR) is 137 cm³/mol. The van der Waals surface area contributed by atoms with Crippen LogP contribution in [-0.4, -0.2) is 15.0 Å². The number of fused-ring (bicyclic) bond motifs is 6. The minimum atomic E-state index is 0.179. The number of aromatic nitrogens is 3. The summed E-state index contributed by atoms with van der Waals surface area (Å²) in [6.07, 6.45) is 3.90. The molecular weight excluding hydrogens is 442 g/mol. The average Bonchev–Trinajstić information content (AvgIpc) is 3.27. The van der Waals surface area contributed by atoms with Gasteiger partial charge in [0, 0.05) is 28.5 Å². The van der Waals surface area contributed by atoms with Crippen LogP contribution in [0, 0.1) is 0 Å². The number of halogens is 1. The Hall–Kier alpha value is -4.02. The monoisotopic (exact) mass is 459 g/mol. The summed E-state index contributed by atoms with van der Waals surface area (Å²) in [6.45, 7) is 0. The standard InChI is InChI=1S/C29H18ClN3O/c30-29-32-27(19-15-14-18-13-12-17-6-1-2-7-20(17)23(18)16-19)31-28(33-29)22-9-5-11-25-26(22)21-8-3-4-10-24(21)34-25/h1-4,6-10,12-16H,5,11H2. The van der Waals surface area contributed by atoms with Gasteiger partial charge < -0.3 is 4.42 Å². The molecular formula is C29H18ClN3O. The highest BCUT2D eigenvalue weighted by Crippen LogP contribution is 2.38. The zero-order valence-corrected chi connectivity index (χ0v) is 18.9. The van der Waals surface area contributed by atoms with E-state index in [1.54, 1.807) is 0 Å². The van der Waals surface area contributed by atoms with E-state index in [-0.39, 0.29) is 5.28 Å². The summed E-state index contributed by atoms with van der Waals surface area (Å²) in [6, 6.07) is 27.1. The van der Waals surface area contributed by atoms with Crippen LogP contribution < -0.4 is 0 Å². The minimum absolute atomic E-state index is 0.179. The van der Waals surface area contributed by atoms with E-state index in [0.717, 1.165) is 51.7 Å². The molecule has 0 saturated carbocycles. The van der Waals surface area contributed by atoms with Crippen molar-refractivity contribution >= 4 is 49.7 Å². The van der Waals surface area contributed by atoms with Crippen molar-refractivity contribution in [2.24, 2.45) is 0 Å². The zero-order valence-electron chi connectivity index (χ0n) is 18.1. The Morgan fingerprint density at radius 1 is 0.706 bits per heavy atom. The highest BCUT2D eigenvalue weighted by Gasteiger charge is 2.24. The maximum Gasteiger partial charge on any atom is 0.226 e. The minimum Gasteiger partial charge on any atom is -0.460 e. The van der Waals surface area contributed by atoms with Gasteiger partial charge >= 0.3 is 0 Å². The maximum atomic E-state index is 6.44. The second-order valence-corrected chi connectivity index (χ2v) is 8.87. The largest absolute Gasteiger partial charge is 0.460 e. The van der Waals surface area contributed by atoms with E-state index < -0.39 is 0 Å². The van der Waals surface area contributed by atoms with Crippen LogP contribution in [0.1, 0.15) is 23.6 Å². The second-order valence-electron chi connectivity index (χ2n) is 8.53. The zero-order chi connectivity index (χ0) is 22.6. The number of benzene rings is 4. The summed E-state index contributed by atoms with van der Waals surface area (Å²) in [5, 5.41) is 5.98. The number of nitrogens with zero attached hydrogens (tertiary/aromatic N) is 3. The molecule has 162 valence electrons. The summed E-state index contributed by atoms with van der Waals surface area (Å²) in [5.74, 6) is 2.10. The maximum absolute atomic E-state index is 6.44. The Kier molecular flexibility index (Phi) is 4.29. The normalized spacial score (nSPS) is 13.4. The molecule has 0 atom stereocenters. The lowest BCUT2D eigenvalue weighted by atomic mass is 9.93. The molecule has 1 aliphatic carbocycles. The molecule has 34 heavy (non-hydrogen) atoms. The first-order chi connectivity index (χ1) is 16.7. The van der Waals surface area contributed by atoms with Crippen molar-refractivity contribution in [2.45, 2.75) is 12.8 Å². The van der Waals surface area contributed by atoms with Gasteiger partial charge in [0.15, 0.2) is 11.6 Å². The molecule has 0 bridgehead atoms. The van der Waals surface area contributed by atoms with Crippen molar-refractivity contribution in [3.05, 3.63) is 107 Å². The molecule has 0 N–H and O–H groups in total. The van der Waals surface area contributed by atoms with Gasteiger partial charge in [0.05, 0.1) is 0 Å². The van der Waals surface area contributed by atoms with E-state index in [4.69, 9.17) is 21.0 Å². The fourth-order valence-corrected chi connectivity index (χ4v) is 5.12. The molecule has 1 aliphatic rings. The van der Waals surface area contributed by atoms with Crippen molar-refractivity contribution in [3.63, 3.8) is 0 Å². The summed E-state index contributed by atoms with van der Waals surface area (Å²) in [7, 11) is 0. The van der Waals surface area contributed by atoms with Gasteiger partial charge in [-0.3, -0.25) is 0 Å². The molecule has 4 nitrogen and oxygen atoms in total. The molecule has 0 fully saturated rings. The Bertz CT molecular complexity index is 1780. The third kappa shape index (κ3) is 3.03. The fraction of sp³-hybridized carbons (Fsp3) is 0.0690. The van der Waals surface area contributed by atoms with Crippen LogP contribution in [0.25, 0.3) is 49.5 Å². The number of hydrogen-bond acceptors (Lipinski definition) is 4. The number of rotatable bonds is 2. The summed E-state index contributed by atoms with van der Waals surface area (Å²) >= 11 is 6.44. The van der Waals surface area contributed by atoms with Gasteiger partial charge in [0.1, 0.15) is 11.3 Å². The van der Waals surface area contributed by atoms with E-state index in [0.29, 0.717) is 11.6 Å². The Labute approximate surface area is 200 Å². The van der Waals surface area contributed by atoms with Gasteiger partial charge in [-0.25, -0.2) is 4.98 Å². The van der Waals surface area contributed by atoms with E-state index in [2.05, 4.69) is 70.6 Å². The molecule has 6 aromatic rings. The van der Waals surface area contributed by atoms with Gasteiger partial charge in [-0.05, 0) is 51.7 Å². The molecule has 2 heterocycles. The average molecular weight is 460 g/mol. The number of para-hydroxylation sites is 1. The van der Waals surface area contributed by atoms with E-state index in [9.17, 15) is 0 Å². The van der Waals surface area contributed by atoms with Gasteiger partial charge in [-0.15, -0.1) is 0 Å². The lowest BCUT2D eigenvalue weighted by molar-refractivity contribution is 0.545. The molecule has 5 heteroatoms. The first-order valence-electron chi connectivity index (χ1n) is 11.3. The Balaban J connectivity index is 1.41. The van der Waals surface area contributed by atoms with Crippen LogP contribution >= 0.6 is 11.6 Å². The Morgan fingerprint density at radius 3 is 2.35 bits per heavy atom. The molecule has 0 unspecified atom stereocenters. The SMILES string of the molecule is Clc1nc(C2=CCCc3oc4ccccc4c32)nc(-c2ccc3ccc4ccccc4c3c2)n1. The van der Waals surface area contributed by atoms with Crippen molar-refractivity contribution in [2.75, 3.05) is 0 Å². The molecule has 0 aliphatic heterocycles. The first kappa shape index (κ1) is 19.4. The van der Waals surface area contributed by atoms with Crippen LogP contribution in [0.5, 0.6) is 0 Å². The lowest BCUT2D eigenvalue weighted by Crippen LogP contribution is -2.05. The van der Waals surface area contributed by atoms with Crippen LogP contribution in [0.4, 0.5) is 0 Å². The number of furan rings is 1. The molecule has 7 rings (SSSR count). The second kappa shape index (κ2) is 7.51. The third-order valence-electron chi connectivity index (χ3n) is 6.51. The van der Waals surface area contributed by atoms with Crippen LogP contribution in [-0.2, 0) is 6.42 Å². The molecule has 0 radical (unpaired) electrons. The smallest absolute Gasteiger partial charge is 0.226 e. The lowest BCUT2D eigenvalue weighted by Gasteiger charge is -2.13. The molecule has 0 spiro atoms.